The van der Waals surface area contributed by atoms with Gasteiger partial charge in [0.25, 0.3) is 0 Å². The Hall–Kier alpha value is -1.35. The van der Waals surface area contributed by atoms with Gasteiger partial charge in [-0.3, -0.25) is 4.79 Å². The van der Waals surface area contributed by atoms with Crippen molar-refractivity contribution in [2.75, 3.05) is 6.54 Å². The smallest absolute Gasteiger partial charge is 0.303 e. The minimum Gasteiger partial charge on any atom is -0.481 e. The number of carboxylic acid groups (broad SMARTS) is 1. The molecule has 0 aliphatic carbocycles. The summed E-state index contributed by atoms with van der Waals surface area (Å²) in [5.41, 5.74) is 2.59. The Morgan fingerprint density at radius 2 is 1.88 bits per heavy atom. The van der Waals surface area contributed by atoms with Gasteiger partial charge >= 0.3 is 5.97 Å². The third kappa shape index (κ3) is 4.94. The van der Waals surface area contributed by atoms with E-state index < -0.39 is 5.97 Å². The molecule has 1 rings (SSSR count). The summed E-state index contributed by atoms with van der Waals surface area (Å²) in [6.45, 7) is 3.70. The van der Waals surface area contributed by atoms with Crippen LogP contribution in [0.3, 0.4) is 0 Å². The molecule has 3 heteroatoms. The van der Waals surface area contributed by atoms with E-state index in [4.69, 9.17) is 5.11 Å². The van der Waals surface area contributed by atoms with Crippen LogP contribution in [0.2, 0.25) is 0 Å². The summed E-state index contributed by atoms with van der Waals surface area (Å²) in [5, 5.41) is 11.7. The molecular weight excluding hydrogens is 202 g/mol. The lowest BCUT2D eigenvalue weighted by molar-refractivity contribution is -0.137. The molecule has 0 aromatic heterocycles. The van der Waals surface area contributed by atoms with E-state index in [0.717, 1.165) is 19.5 Å². The highest BCUT2D eigenvalue weighted by Crippen LogP contribution is 2.04. The lowest BCUT2D eigenvalue weighted by Gasteiger charge is -2.04. The van der Waals surface area contributed by atoms with Crippen LogP contribution in [0.1, 0.15) is 30.9 Å². The highest BCUT2D eigenvalue weighted by molar-refractivity contribution is 5.66. The summed E-state index contributed by atoms with van der Waals surface area (Å²) in [5.74, 6) is -0.728. The van der Waals surface area contributed by atoms with Gasteiger partial charge < -0.3 is 10.4 Å². The van der Waals surface area contributed by atoms with Crippen LogP contribution >= 0.6 is 0 Å². The number of hydrogen-bond acceptors (Lipinski definition) is 2. The largest absolute Gasteiger partial charge is 0.481 e. The molecule has 0 amide bonds. The Morgan fingerprint density at radius 3 is 2.44 bits per heavy atom. The number of nitrogens with one attached hydrogen (secondary N) is 1. The molecule has 2 N–H and O–H groups in total. The third-order valence-corrected chi connectivity index (χ3v) is 2.50. The maximum atomic E-state index is 10.3. The molecule has 1 aromatic carbocycles. The van der Waals surface area contributed by atoms with E-state index in [2.05, 4.69) is 36.5 Å². The van der Waals surface area contributed by atoms with Crippen LogP contribution in [0.25, 0.3) is 0 Å². The van der Waals surface area contributed by atoms with Gasteiger partial charge in [0.05, 0.1) is 0 Å². The van der Waals surface area contributed by atoms with Crippen molar-refractivity contribution in [3.8, 4) is 0 Å². The fraction of sp³-hybridized carbons (Fsp3) is 0.462. The first-order valence-electron chi connectivity index (χ1n) is 5.72. The van der Waals surface area contributed by atoms with Gasteiger partial charge in [-0.1, -0.05) is 31.2 Å². The lowest BCUT2D eigenvalue weighted by atomic mass is 10.1. The van der Waals surface area contributed by atoms with Crippen LogP contribution in [0, 0.1) is 0 Å². The Morgan fingerprint density at radius 1 is 1.25 bits per heavy atom. The highest BCUT2D eigenvalue weighted by atomic mass is 16.4. The summed E-state index contributed by atoms with van der Waals surface area (Å²) in [7, 11) is 0. The number of benzene rings is 1. The van der Waals surface area contributed by atoms with E-state index >= 15 is 0 Å². The first kappa shape index (κ1) is 12.7. The van der Waals surface area contributed by atoms with Crippen molar-refractivity contribution in [3.63, 3.8) is 0 Å². The molecule has 0 saturated heterocycles. The Bertz CT molecular complexity index is 319. The molecule has 0 aliphatic heterocycles. The van der Waals surface area contributed by atoms with E-state index in [0.29, 0.717) is 6.42 Å². The fourth-order valence-corrected chi connectivity index (χ4v) is 1.49. The van der Waals surface area contributed by atoms with Crippen LogP contribution in [-0.2, 0) is 17.8 Å². The maximum absolute atomic E-state index is 10.3. The van der Waals surface area contributed by atoms with Crippen molar-refractivity contribution in [1.29, 1.82) is 0 Å². The Balaban J connectivity index is 2.19. The van der Waals surface area contributed by atoms with E-state index in [-0.39, 0.29) is 6.42 Å². The van der Waals surface area contributed by atoms with E-state index in [9.17, 15) is 4.79 Å². The standard InChI is InChI=1S/C13H19NO2/c1-2-11-5-7-12(8-6-11)10-14-9-3-4-13(15)16/h5-8,14H,2-4,9-10H2,1H3,(H,15,16). The van der Waals surface area contributed by atoms with E-state index in [1.165, 1.54) is 11.1 Å². The molecule has 0 radical (unpaired) electrons. The molecule has 0 spiro atoms. The average Bonchev–Trinajstić information content (AvgIpc) is 2.29. The molecule has 0 bridgehead atoms. The molecule has 0 atom stereocenters. The highest BCUT2D eigenvalue weighted by Gasteiger charge is 1.96. The molecule has 0 unspecified atom stereocenters. The minimum absolute atomic E-state index is 0.238. The quantitative estimate of drug-likeness (QED) is 0.694. The van der Waals surface area contributed by atoms with Crippen LogP contribution in [0.15, 0.2) is 24.3 Å². The third-order valence-electron chi connectivity index (χ3n) is 2.50. The minimum atomic E-state index is -0.728. The normalized spacial score (nSPS) is 10.3. The molecular formula is C13H19NO2. The van der Waals surface area contributed by atoms with Crippen molar-refractivity contribution in [2.45, 2.75) is 32.7 Å². The molecule has 0 fully saturated rings. The zero-order valence-electron chi connectivity index (χ0n) is 9.70. The second-order valence-corrected chi connectivity index (χ2v) is 3.84. The molecule has 88 valence electrons. The first-order chi connectivity index (χ1) is 7.72. The maximum Gasteiger partial charge on any atom is 0.303 e. The number of carbonyl (C=O) groups is 1. The van der Waals surface area contributed by atoms with Crippen molar-refractivity contribution in [3.05, 3.63) is 35.4 Å². The molecule has 16 heavy (non-hydrogen) atoms. The molecule has 0 saturated carbocycles. The molecule has 0 aliphatic rings. The predicted octanol–water partition coefficient (Wildman–Crippen LogP) is 2.20. The number of rotatable bonds is 7. The summed E-state index contributed by atoms with van der Waals surface area (Å²) in [4.78, 5) is 10.3. The van der Waals surface area contributed by atoms with Gasteiger partial charge in [-0.2, -0.15) is 0 Å². The Labute approximate surface area is 96.5 Å². The van der Waals surface area contributed by atoms with Gasteiger partial charge in [-0.05, 0) is 30.5 Å². The van der Waals surface area contributed by atoms with Crippen LogP contribution in [0.4, 0.5) is 0 Å². The second-order valence-electron chi connectivity index (χ2n) is 3.84. The van der Waals surface area contributed by atoms with Gasteiger partial charge in [-0.25, -0.2) is 0 Å². The van der Waals surface area contributed by atoms with Gasteiger partial charge in [-0.15, -0.1) is 0 Å². The van der Waals surface area contributed by atoms with Gasteiger partial charge in [0, 0.05) is 13.0 Å². The predicted molar refractivity (Wildman–Crippen MR) is 64.4 cm³/mol. The van der Waals surface area contributed by atoms with Crippen LogP contribution in [0.5, 0.6) is 0 Å². The summed E-state index contributed by atoms with van der Waals surface area (Å²) in [6, 6.07) is 8.49. The van der Waals surface area contributed by atoms with Gasteiger partial charge in [0.2, 0.25) is 0 Å². The average molecular weight is 221 g/mol. The van der Waals surface area contributed by atoms with Crippen LogP contribution < -0.4 is 5.32 Å². The molecule has 3 nitrogen and oxygen atoms in total. The second kappa shape index (κ2) is 7.01. The van der Waals surface area contributed by atoms with Gasteiger partial charge in [0.1, 0.15) is 0 Å². The topological polar surface area (TPSA) is 49.3 Å². The van der Waals surface area contributed by atoms with Crippen LogP contribution in [-0.4, -0.2) is 17.6 Å². The summed E-state index contributed by atoms with van der Waals surface area (Å²) >= 11 is 0. The van der Waals surface area contributed by atoms with Crippen molar-refractivity contribution in [1.82, 2.24) is 5.32 Å². The van der Waals surface area contributed by atoms with Crippen molar-refractivity contribution >= 4 is 5.97 Å². The summed E-state index contributed by atoms with van der Waals surface area (Å²) < 4.78 is 0. The zero-order valence-corrected chi connectivity index (χ0v) is 9.70. The zero-order chi connectivity index (χ0) is 11.8. The molecule has 0 heterocycles. The number of aryl methyl sites for hydroxylation is 1. The molecule has 1 aromatic rings. The van der Waals surface area contributed by atoms with Gasteiger partial charge in [0.15, 0.2) is 0 Å². The van der Waals surface area contributed by atoms with E-state index in [1.54, 1.807) is 0 Å². The SMILES string of the molecule is CCc1ccc(CNCCCC(=O)O)cc1. The number of aliphatic carboxylic acids is 1. The number of hydrogen-bond donors (Lipinski definition) is 2. The Kier molecular flexibility index (Phi) is 5.57. The number of carboxylic acids is 1. The first-order valence-corrected chi connectivity index (χ1v) is 5.72. The van der Waals surface area contributed by atoms with E-state index in [1.807, 2.05) is 0 Å². The summed E-state index contributed by atoms with van der Waals surface area (Å²) in [6.07, 6.45) is 1.98. The van der Waals surface area contributed by atoms with Crippen molar-refractivity contribution in [2.24, 2.45) is 0 Å². The monoisotopic (exact) mass is 221 g/mol. The van der Waals surface area contributed by atoms with Crippen molar-refractivity contribution < 1.29 is 9.90 Å². The lowest BCUT2D eigenvalue weighted by Crippen LogP contribution is -2.15. The fourth-order valence-electron chi connectivity index (χ4n) is 1.49.